The lowest BCUT2D eigenvalue weighted by molar-refractivity contribution is 0.0172. The van der Waals surface area contributed by atoms with E-state index in [0.29, 0.717) is 24.7 Å². The number of ether oxygens (including phenoxy) is 1. The molecule has 1 aliphatic heterocycles. The van der Waals surface area contributed by atoms with Gasteiger partial charge in [-0.15, -0.1) is 0 Å². The monoisotopic (exact) mass is 308 g/mol. The van der Waals surface area contributed by atoms with Crippen molar-refractivity contribution < 1.29 is 13.9 Å². The summed E-state index contributed by atoms with van der Waals surface area (Å²) in [7, 11) is 0. The van der Waals surface area contributed by atoms with Crippen molar-refractivity contribution in [3.05, 3.63) is 30.1 Å². The Balaban J connectivity index is 1.86. The maximum atomic E-state index is 13.6. The molecule has 0 bridgehead atoms. The Hall–Kier alpha value is -1.78. The van der Waals surface area contributed by atoms with Gasteiger partial charge >= 0.3 is 6.09 Å². The zero-order valence-electron chi connectivity index (χ0n) is 13.6. The summed E-state index contributed by atoms with van der Waals surface area (Å²) in [5.41, 5.74) is 0.0343. The predicted molar refractivity (Wildman–Crippen MR) is 85.4 cm³/mol. The van der Waals surface area contributed by atoms with Crippen LogP contribution in [0.5, 0.6) is 0 Å². The number of anilines is 1. The van der Waals surface area contributed by atoms with Gasteiger partial charge in [0.15, 0.2) is 0 Å². The molecule has 22 heavy (non-hydrogen) atoms. The summed E-state index contributed by atoms with van der Waals surface area (Å²) in [6.07, 6.45) is 1.71. The summed E-state index contributed by atoms with van der Waals surface area (Å²) in [4.78, 5) is 13.9. The van der Waals surface area contributed by atoms with Crippen molar-refractivity contribution in [2.75, 3.05) is 25.0 Å². The Morgan fingerprint density at radius 2 is 2.14 bits per heavy atom. The largest absolute Gasteiger partial charge is 0.444 e. The number of carbonyl (C=O) groups excluding carboxylic acids is 1. The van der Waals surface area contributed by atoms with Gasteiger partial charge < -0.3 is 15.0 Å². The third-order valence-corrected chi connectivity index (χ3v) is 3.63. The molecule has 1 heterocycles. The first-order chi connectivity index (χ1) is 10.3. The van der Waals surface area contributed by atoms with Crippen LogP contribution in [0.25, 0.3) is 0 Å². The number of piperidine rings is 1. The lowest BCUT2D eigenvalue weighted by Gasteiger charge is -2.34. The van der Waals surface area contributed by atoms with E-state index in [2.05, 4.69) is 5.32 Å². The van der Waals surface area contributed by atoms with Crippen LogP contribution in [0.15, 0.2) is 24.3 Å². The maximum Gasteiger partial charge on any atom is 0.410 e. The highest BCUT2D eigenvalue weighted by Gasteiger charge is 2.27. The van der Waals surface area contributed by atoms with Gasteiger partial charge in [0.25, 0.3) is 0 Å². The van der Waals surface area contributed by atoms with Gasteiger partial charge in [0.1, 0.15) is 11.4 Å². The molecule has 1 aliphatic rings. The van der Waals surface area contributed by atoms with E-state index >= 15 is 0 Å². The molecule has 1 unspecified atom stereocenters. The number of halogens is 1. The van der Waals surface area contributed by atoms with E-state index in [1.165, 1.54) is 6.07 Å². The molecule has 122 valence electrons. The number of amides is 1. The van der Waals surface area contributed by atoms with Gasteiger partial charge in [0.05, 0.1) is 5.69 Å². The molecule has 1 aromatic rings. The van der Waals surface area contributed by atoms with E-state index in [-0.39, 0.29) is 11.9 Å². The molecule has 0 aliphatic carbocycles. The first-order valence-corrected chi connectivity index (χ1v) is 7.81. The summed E-state index contributed by atoms with van der Waals surface area (Å²) in [6.45, 7) is 7.63. The smallest absolute Gasteiger partial charge is 0.410 e. The molecular formula is C17H25FN2O2. The van der Waals surface area contributed by atoms with Crippen LogP contribution < -0.4 is 5.32 Å². The maximum absolute atomic E-state index is 13.6. The van der Waals surface area contributed by atoms with Gasteiger partial charge in [0, 0.05) is 19.6 Å². The fraction of sp³-hybridized carbons (Fsp3) is 0.588. The van der Waals surface area contributed by atoms with Crippen molar-refractivity contribution in [3.63, 3.8) is 0 Å². The molecule has 0 radical (unpaired) electrons. The molecule has 0 aromatic heterocycles. The standard InChI is InChI=1S/C17H25FN2O2/c1-17(2,3)22-16(21)20-10-6-7-13(12-20)11-19-15-9-5-4-8-14(15)18/h4-5,8-9,13,19H,6-7,10-12H2,1-3H3. The summed E-state index contributed by atoms with van der Waals surface area (Å²) in [5.74, 6) is 0.0585. The van der Waals surface area contributed by atoms with Crippen LogP contribution in [0.4, 0.5) is 14.9 Å². The third kappa shape index (κ3) is 4.90. The van der Waals surface area contributed by atoms with E-state index in [9.17, 15) is 9.18 Å². The van der Waals surface area contributed by atoms with Crippen LogP contribution in [0.2, 0.25) is 0 Å². The summed E-state index contributed by atoms with van der Waals surface area (Å²) < 4.78 is 19.0. The second-order valence-electron chi connectivity index (χ2n) is 6.80. The number of para-hydroxylation sites is 1. The van der Waals surface area contributed by atoms with Crippen molar-refractivity contribution in [2.24, 2.45) is 5.92 Å². The van der Waals surface area contributed by atoms with E-state index < -0.39 is 5.60 Å². The number of benzene rings is 1. The molecule has 1 saturated heterocycles. The first kappa shape index (κ1) is 16.6. The van der Waals surface area contributed by atoms with Gasteiger partial charge in [-0.1, -0.05) is 12.1 Å². The average Bonchev–Trinajstić information content (AvgIpc) is 2.45. The van der Waals surface area contributed by atoms with Crippen LogP contribution in [-0.2, 0) is 4.74 Å². The van der Waals surface area contributed by atoms with Gasteiger partial charge in [-0.05, 0) is 51.7 Å². The highest BCUT2D eigenvalue weighted by molar-refractivity contribution is 5.68. The quantitative estimate of drug-likeness (QED) is 0.921. The highest BCUT2D eigenvalue weighted by atomic mass is 19.1. The lowest BCUT2D eigenvalue weighted by atomic mass is 9.98. The van der Waals surface area contributed by atoms with Gasteiger partial charge in [-0.25, -0.2) is 9.18 Å². The fourth-order valence-corrected chi connectivity index (χ4v) is 2.58. The van der Waals surface area contributed by atoms with E-state index in [1.54, 1.807) is 23.1 Å². The lowest BCUT2D eigenvalue weighted by Crippen LogP contribution is -2.44. The molecule has 0 saturated carbocycles. The minimum Gasteiger partial charge on any atom is -0.444 e. The fourth-order valence-electron chi connectivity index (χ4n) is 2.58. The van der Waals surface area contributed by atoms with Crippen LogP contribution in [0, 0.1) is 11.7 Å². The molecule has 0 spiro atoms. The normalized spacial score (nSPS) is 18.9. The minimum atomic E-state index is -0.477. The predicted octanol–water partition coefficient (Wildman–Crippen LogP) is 3.88. The van der Waals surface area contributed by atoms with E-state index in [0.717, 1.165) is 19.4 Å². The highest BCUT2D eigenvalue weighted by Crippen LogP contribution is 2.21. The molecule has 1 fully saturated rings. The topological polar surface area (TPSA) is 41.6 Å². The molecule has 1 amide bonds. The van der Waals surface area contributed by atoms with Crippen molar-refractivity contribution >= 4 is 11.8 Å². The number of hydrogen-bond donors (Lipinski definition) is 1. The van der Waals surface area contributed by atoms with E-state index in [1.807, 2.05) is 20.8 Å². The molecule has 1 N–H and O–H groups in total. The minimum absolute atomic E-state index is 0.248. The summed E-state index contributed by atoms with van der Waals surface area (Å²) >= 11 is 0. The van der Waals surface area contributed by atoms with Crippen LogP contribution in [-0.4, -0.2) is 36.2 Å². The number of hydrogen-bond acceptors (Lipinski definition) is 3. The molecular weight excluding hydrogens is 283 g/mol. The first-order valence-electron chi connectivity index (χ1n) is 7.81. The van der Waals surface area contributed by atoms with E-state index in [4.69, 9.17) is 4.74 Å². The number of nitrogens with one attached hydrogen (secondary N) is 1. The molecule has 4 nitrogen and oxygen atoms in total. The molecule has 1 aromatic carbocycles. The number of nitrogens with zero attached hydrogens (tertiary/aromatic N) is 1. The van der Waals surface area contributed by atoms with Crippen LogP contribution >= 0.6 is 0 Å². The SMILES string of the molecule is CC(C)(C)OC(=O)N1CCCC(CNc2ccccc2F)C1. The second-order valence-corrected chi connectivity index (χ2v) is 6.80. The zero-order valence-corrected chi connectivity index (χ0v) is 13.6. The van der Waals surface area contributed by atoms with Crippen LogP contribution in [0.1, 0.15) is 33.6 Å². The zero-order chi connectivity index (χ0) is 16.2. The van der Waals surface area contributed by atoms with Crippen molar-refractivity contribution in [3.8, 4) is 0 Å². The molecule has 1 atom stereocenters. The Kier molecular flexibility index (Phi) is 5.27. The third-order valence-electron chi connectivity index (χ3n) is 3.63. The Morgan fingerprint density at radius 1 is 1.41 bits per heavy atom. The van der Waals surface area contributed by atoms with Gasteiger partial charge in [-0.2, -0.15) is 0 Å². The number of rotatable bonds is 3. The number of likely N-dealkylation sites (tertiary alicyclic amines) is 1. The van der Waals surface area contributed by atoms with Gasteiger partial charge in [0.2, 0.25) is 0 Å². The summed E-state index contributed by atoms with van der Waals surface area (Å²) in [6, 6.07) is 6.64. The summed E-state index contributed by atoms with van der Waals surface area (Å²) in [5, 5.41) is 3.14. The second kappa shape index (κ2) is 6.99. The average molecular weight is 308 g/mol. The van der Waals surface area contributed by atoms with Crippen LogP contribution in [0.3, 0.4) is 0 Å². The van der Waals surface area contributed by atoms with Crippen molar-refractivity contribution in [1.82, 2.24) is 4.90 Å². The van der Waals surface area contributed by atoms with Crippen molar-refractivity contribution in [2.45, 2.75) is 39.2 Å². The molecule has 5 heteroatoms. The Morgan fingerprint density at radius 3 is 2.82 bits per heavy atom. The molecule has 2 rings (SSSR count). The number of carbonyl (C=O) groups is 1. The van der Waals surface area contributed by atoms with Crippen molar-refractivity contribution in [1.29, 1.82) is 0 Å². The Labute approximate surface area is 131 Å². The van der Waals surface area contributed by atoms with Gasteiger partial charge in [-0.3, -0.25) is 0 Å². The Bertz CT molecular complexity index is 514.